The van der Waals surface area contributed by atoms with E-state index in [1.165, 1.54) is 20.3 Å². The van der Waals surface area contributed by atoms with Crippen LogP contribution in [0.5, 0.6) is 0 Å². The van der Waals surface area contributed by atoms with Gasteiger partial charge in [0.25, 0.3) is 0 Å². The number of hydrogen-bond acceptors (Lipinski definition) is 6. The Hall–Kier alpha value is -1.68. The van der Waals surface area contributed by atoms with Crippen LogP contribution in [0.25, 0.3) is 0 Å². The average Bonchev–Trinajstić information content (AvgIpc) is 2.22. The topological polar surface area (TPSA) is 82.0 Å². The third kappa shape index (κ3) is 4.37. The maximum Gasteiger partial charge on any atom is 0.331 e. The zero-order valence-electron chi connectivity index (χ0n) is 7.98. The lowest BCUT2D eigenvalue weighted by Gasteiger charge is -2.06. The van der Waals surface area contributed by atoms with Gasteiger partial charge in [-0.15, -0.1) is 0 Å². The summed E-state index contributed by atoms with van der Waals surface area (Å²) in [5.41, 5.74) is 0. The quantitative estimate of drug-likeness (QED) is 0.350. The predicted octanol–water partition coefficient (Wildman–Crippen LogP) is -0.183. The summed E-state index contributed by atoms with van der Waals surface area (Å²) < 4.78 is 8.73. The van der Waals surface area contributed by atoms with Gasteiger partial charge in [0, 0.05) is 6.42 Å². The lowest BCUT2D eigenvalue weighted by Crippen LogP contribution is -2.21. The van der Waals surface area contributed by atoms with Gasteiger partial charge in [-0.05, 0) is 6.42 Å². The fourth-order valence-corrected chi connectivity index (χ4v) is 0.791. The van der Waals surface area contributed by atoms with E-state index in [2.05, 4.69) is 14.5 Å². The van der Waals surface area contributed by atoms with Crippen molar-refractivity contribution in [3.63, 3.8) is 0 Å². The molecule has 1 atom stereocenters. The molecule has 0 aliphatic carbocycles. The number of ether oxygens (including phenoxy) is 2. The fraction of sp³-hybridized carbons (Fsp3) is 0.625. The second-order valence-electron chi connectivity index (χ2n) is 2.37. The highest BCUT2D eigenvalue weighted by molar-refractivity contribution is 5.78. The lowest BCUT2D eigenvalue weighted by atomic mass is 10.2. The van der Waals surface area contributed by atoms with Crippen LogP contribution in [-0.4, -0.2) is 38.3 Å². The second kappa shape index (κ2) is 6.80. The summed E-state index contributed by atoms with van der Waals surface area (Å²) in [7, 11) is 2.41. The van der Waals surface area contributed by atoms with E-state index in [9.17, 15) is 14.4 Å². The molecule has 6 nitrogen and oxygen atoms in total. The Kier molecular flexibility index (Phi) is 5.98. The third-order valence-corrected chi connectivity index (χ3v) is 1.53. The molecule has 0 rings (SSSR count). The van der Waals surface area contributed by atoms with E-state index < -0.39 is 18.0 Å². The fourth-order valence-electron chi connectivity index (χ4n) is 0.791. The summed E-state index contributed by atoms with van der Waals surface area (Å²) in [4.78, 5) is 34.8. The standard InChI is InChI=1S/C8H11NO5/c1-13-7(11)4-3-6(9-5-10)8(12)14-2/h6H,3-4H2,1-2H3. The first-order chi connectivity index (χ1) is 6.65. The van der Waals surface area contributed by atoms with Gasteiger partial charge in [0.15, 0.2) is 6.04 Å². The molecule has 0 saturated carbocycles. The number of methoxy groups -OCH3 is 2. The molecule has 14 heavy (non-hydrogen) atoms. The van der Waals surface area contributed by atoms with E-state index in [1.807, 2.05) is 0 Å². The molecule has 0 aromatic heterocycles. The van der Waals surface area contributed by atoms with Gasteiger partial charge in [-0.1, -0.05) is 0 Å². The Bertz CT molecular complexity index is 256. The summed E-state index contributed by atoms with van der Waals surface area (Å²) >= 11 is 0. The molecule has 0 radical (unpaired) electrons. The monoisotopic (exact) mass is 201 g/mol. The molecule has 78 valence electrons. The van der Waals surface area contributed by atoms with Crippen molar-refractivity contribution in [2.45, 2.75) is 18.9 Å². The summed E-state index contributed by atoms with van der Waals surface area (Å²) in [5.74, 6) is -1.14. The molecule has 0 aliphatic heterocycles. The van der Waals surface area contributed by atoms with E-state index in [0.717, 1.165) is 0 Å². The molecule has 0 N–H and O–H groups in total. The molecule has 0 aromatic rings. The minimum atomic E-state index is -0.975. The molecule has 0 aromatic carbocycles. The first-order valence-corrected chi connectivity index (χ1v) is 3.87. The van der Waals surface area contributed by atoms with Gasteiger partial charge in [-0.25, -0.2) is 9.59 Å². The Morgan fingerprint density at radius 2 is 2.00 bits per heavy atom. The van der Waals surface area contributed by atoms with Gasteiger partial charge in [0.2, 0.25) is 6.08 Å². The number of rotatable bonds is 5. The minimum absolute atomic E-state index is 0.00144. The van der Waals surface area contributed by atoms with Crippen LogP contribution >= 0.6 is 0 Å². The van der Waals surface area contributed by atoms with E-state index in [-0.39, 0.29) is 12.8 Å². The van der Waals surface area contributed by atoms with Crippen LogP contribution in [-0.2, 0) is 23.9 Å². The van der Waals surface area contributed by atoms with E-state index in [4.69, 9.17) is 0 Å². The summed E-state index contributed by atoms with van der Waals surface area (Å²) in [6.45, 7) is 0. The van der Waals surface area contributed by atoms with Crippen molar-refractivity contribution in [3.05, 3.63) is 0 Å². The van der Waals surface area contributed by atoms with Gasteiger partial charge < -0.3 is 9.47 Å². The zero-order valence-corrected chi connectivity index (χ0v) is 7.98. The smallest absolute Gasteiger partial charge is 0.331 e. The molecule has 0 spiro atoms. The second-order valence-corrected chi connectivity index (χ2v) is 2.37. The minimum Gasteiger partial charge on any atom is -0.469 e. The molecule has 0 bridgehead atoms. The predicted molar refractivity (Wildman–Crippen MR) is 45.2 cm³/mol. The molecule has 1 unspecified atom stereocenters. The molecule has 0 saturated heterocycles. The van der Waals surface area contributed by atoms with Gasteiger partial charge >= 0.3 is 11.9 Å². The zero-order chi connectivity index (χ0) is 11.0. The highest BCUT2D eigenvalue weighted by atomic mass is 16.5. The number of nitrogens with zero attached hydrogens (tertiary/aromatic N) is 1. The summed E-state index contributed by atoms with van der Waals surface area (Å²) in [6, 6.07) is -0.975. The van der Waals surface area contributed by atoms with Crippen LogP contribution in [0.1, 0.15) is 12.8 Å². The van der Waals surface area contributed by atoms with Gasteiger partial charge in [0.1, 0.15) is 0 Å². The van der Waals surface area contributed by atoms with E-state index in [0.29, 0.717) is 0 Å². The normalized spacial score (nSPS) is 11.0. The maximum atomic E-state index is 11.0. The molecular weight excluding hydrogens is 190 g/mol. The first-order valence-electron chi connectivity index (χ1n) is 3.87. The van der Waals surface area contributed by atoms with Gasteiger partial charge in [-0.2, -0.15) is 4.99 Å². The number of carbonyl (C=O) groups is 2. The lowest BCUT2D eigenvalue weighted by molar-refractivity contribution is -0.143. The van der Waals surface area contributed by atoms with Crippen LogP contribution in [0.15, 0.2) is 4.99 Å². The first kappa shape index (κ1) is 12.3. The molecule has 0 fully saturated rings. The van der Waals surface area contributed by atoms with Gasteiger partial charge in [-0.3, -0.25) is 4.79 Å². The van der Waals surface area contributed by atoms with Gasteiger partial charge in [0.05, 0.1) is 14.2 Å². The van der Waals surface area contributed by atoms with Crippen LogP contribution in [0.2, 0.25) is 0 Å². The van der Waals surface area contributed by atoms with Crippen LogP contribution in [0.3, 0.4) is 0 Å². The number of hydrogen-bond donors (Lipinski definition) is 0. The van der Waals surface area contributed by atoms with Crippen molar-refractivity contribution < 1.29 is 23.9 Å². The molecular formula is C8H11NO5. The average molecular weight is 201 g/mol. The van der Waals surface area contributed by atoms with Crippen LogP contribution < -0.4 is 0 Å². The number of esters is 2. The van der Waals surface area contributed by atoms with E-state index >= 15 is 0 Å². The largest absolute Gasteiger partial charge is 0.469 e. The number of aliphatic imine (C=N–C) groups is 1. The van der Waals surface area contributed by atoms with Crippen molar-refractivity contribution in [3.8, 4) is 0 Å². The maximum absolute atomic E-state index is 11.0. The van der Waals surface area contributed by atoms with E-state index in [1.54, 1.807) is 0 Å². The molecule has 0 amide bonds. The van der Waals surface area contributed by atoms with Crippen LogP contribution in [0.4, 0.5) is 0 Å². The Labute approximate surface area is 80.9 Å². The number of carbonyl (C=O) groups excluding carboxylic acids is 3. The SMILES string of the molecule is COC(=O)CCC(N=C=O)C(=O)OC. The molecule has 0 heterocycles. The number of isocyanates is 1. The summed E-state index contributed by atoms with van der Waals surface area (Å²) in [6.07, 6.45) is 1.33. The Morgan fingerprint density at radius 1 is 1.36 bits per heavy atom. The Morgan fingerprint density at radius 3 is 2.43 bits per heavy atom. The van der Waals surface area contributed by atoms with Crippen molar-refractivity contribution in [1.29, 1.82) is 0 Å². The van der Waals surface area contributed by atoms with Crippen molar-refractivity contribution in [2.24, 2.45) is 4.99 Å². The van der Waals surface area contributed by atoms with Crippen molar-refractivity contribution >= 4 is 18.0 Å². The molecule has 6 heteroatoms. The van der Waals surface area contributed by atoms with Crippen LogP contribution in [0, 0.1) is 0 Å². The van der Waals surface area contributed by atoms with Crippen molar-refractivity contribution in [2.75, 3.05) is 14.2 Å². The van der Waals surface area contributed by atoms with Crippen molar-refractivity contribution in [1.82, 2.24) is 0 Å². The third-order valence-electron chi connectivity index (χ3n) is 1.53. The molecule has 0 aliphatic rings. The highest BCUT2D eigenvalue weighted by Crippen LogP contribution is 2.04. The highest BCUT2D eigenvalue weighted by Gasteiger charge is 2.19. The summed E-state index contributed by atoms with van der Waals surface area (Å²) in [5, 5.41) is 0. The Balaban J connectivity index is 4.17.